The zero-order chi connectivity index (χ0) is 16.9. The lowest BCUT2D eigenvalue weighted by molar-refractivity contribution is -0.132. The van der Waals surface area contributed by atoms with Crippen molar-refractivity contribution < 1.29 is 9.59 Å². The van der Waals surface area contributed by atoms with Gasteiger partial charge in [0.2, 0.25) is 5.91 Å². The highest BCUT2D eigenvalue weighted by molar-refractivity contribution is 5.95. The Morgan fingerprint density at radius 1 is 1.17 bits per heavy atom. The van der Waals surface area contributed by atoms with E-state index in [0.29, 0.717) is 12.3 Å². The number of hydrogen-bond donors (Lipinski definition) is 1. The standard InChI is InChI=1S/C20H26N2O2/c1-15-6-2-5-9-18(15)20(24)21-17-10-12-22(13-11-17)19(23)14-16-7-3-4-8-16/h2-3,5-7,9,16-17H,4,8,10-14H2,1H3,(H,21,24). The molecule has 1 aliphatic carbocycles. The number of likely N-dealkylation sites (tertiary alicyclic amines) is 1. The monoisotopic (exact) mass is 326 g/mol. The van der Waals surface area contributed by atoms with E-state index in [0.717, 1.165) is 49.9 Å². The van der Waals surface area contributed by atoms with Gasteiger partial charge in [-0.25, -0.2) is 0 Å². The van der Waals surface area contributed by atoms with E-state index in [2.05, 4.69) is 17.5 Å². The summed E-state index contributed by atoms with van der Waals surface area (Å²) in [5.74, 6) is 0.681. The van der Waals surface area contributed by atoms with E-state index in [1.54, 1.807) is 0 Å². The molecule has 24 heavy (non-hydrogen) atoms. The van der Waals surface area contributed by atoms with Crippen molar-refractivity contribution in [1.29, 1.82) is 0 Å². The highest BCUT2D eigenvalue weighted by atomic mass is 16.2. The van der Waals surface area contributed by atoms with Gasteiger partial charge in [0, 0.05) is 31.1 Å². The van der Waals surface area contributed by atoms with Gasteiger partial charge in [-0.15, -0.1) is 0 Å². The molecule has 128 valence electrons. The number of carbonyl (C=O) groups excluding carboxylic acids is 2. The molecule has 0 bridgehead atoms. The zero-order valence-electron chi connectivity index (χ0n) is 14.3. The summed E-state index contributed by atoms with van der Waals surface area (Å²) >= 11 is 0. The summed E-state index contributed by atoms with van der Waals surface area (Å²) in [6.45, 7) is 3.44. The first-order valence-corrected chi connectivity index (χ1v) is 8.94. The van der Waals surface area contributed by atoms with Gasteiger partial charge in [-0.3, -0.25) is 9.59 Å². The lowest BCUT2D eigenvalue weighted by Gasteiger charge is -2.33. The number of nitrogens with zero attached hydrogens (tertiary/aromatic N) is 1. The Balaban J connectivity index is 1.46. The number of aryl methyl sites for hydroxylation is 1. The van der Waals surface area contributed by atoms with Crippen LogP contribution in [0.3, 0.4) is 0 Å². The van der Waals surface area contributed by atoms with Crippen LogP contribution in [0, 0.1) is 12.8 Å². The average molecular weight is 326 g/mol. The second-order valence-corrected chi connectivity index (χ2v) is 6.91. The quantitative estimate of drug-likeness (QED) is 0.865. The average Bonchev–Trinajstić information content (AvgIpc) is 3.08. The molecule has 1 N–H and O–H groups in total. The van der Waals surface area contributed by atoms with Crippen LogP contribution >= 0.6 is 0 Å². The molecule has 1 saturated heterocycles. The maximum Gasteiger partial charge on any atom is 0.251 e. The Morgan fingerprint density at radius 3 is 2.58 bits per heavy atom. The van der Waals surface area contributed by atoms with Crippen LogP contribution in [0.2, 0.25) is 0 Å². The number of amides is 2. The fraction of sp³-hybridized carbons (Fsp3) is 0.500. The molecule has 0 saturated carbocycles. The molecule has 0 spiro atoms. The van der Waals surface area contributed by atoms with Gasteiger partial charge in [0.15, 0.2) is 0 Å². The fourth-order valence-electron chi connectivity index (χ4n) is 3.58. The highest BCUT2D eigenvalue weighted by Crippen LogP contribution is 2.22. The molecular formula is C20H26N2O2. The number of nitrogens with one attached hydrogen (secondary N) is 1. The summed E-state index contributed by atoms with van der Waals surface area (Å²) in [6, 6.07) is 7.80. The molecule has 1 aromatic rings. The first-order valence-electron chi connectivity index (χ1n) is 8.94. The van der Waals surface area contributed by atoms with Gasteiger partial charge in [0.25, 0.3) is 5.91 Å². The maximum absolute atomic E-state index is 12.4. The molecule has 0 aromatic heterocycles. The molecule has 4 heteroatoms. The molecular weight excluding hydrogens is 300 g/mol. The topological polar surface area (TPSA) is 49.4 Å². The van der Waals surface area contributed by atoms with Crippen LogP contribution in [0.25, 0.3) is 0 Å². The number of carbonyl (C=O) groups is 2. The largest absolute Gasteiger partial charge is 0.349 e. The van der Waals surface area contributed by atoms with Crippen LogP contribution in [0.1, 0.15) is 48.0 Å². The molecule has 2 aliphatic rings. The van der Waals surface area contributed by atoms with Crippen molar-refractivity contribution in [3.05, 3.63) is 47.5 Å². The van der Waals surface area contributed by atoms with Crippen molar-refractivity contribution in [1.82, 2.24) is 10.2 Å². The van der Waals surface area contributed by atoms with E-state index in [-0.39, 0.29) is 17.9 Å². The lowest BCUT2D eigenvalue weighted by Crippen LogP contribution is -2.46. The minimum atomic E-state index is -0.00558. The van der Waals surface area contributed by atoms with Gasteiger partial charge in [-0.05, 0) is 50.2 Å². The molecule has 0 radical (unpaired) electrons. The predicted octanol–water partition coefficient (Wildman–Crippen LogP) is 3.07. The third-order valence-corrected chi connectivity index (χ3v) is 5.12. The van der Waals surface area contributed by atoms with Crippen LogP contribution < -0.4 is 5.32 Å². The second-order valence-electron chi connectivity index (χ2n) is 6.91. The predicted molar refractivity (Wildman–Crippen MR) is 94.7 cm³/mol. The smallest absolute Gasteiger partial charge is 0.251 e. The summed E-state index contributed by atoms with van der Waals surface area (Å²) in [4.78, 5) is 26.7. The number of allylic oxidation sites excluding steroid dienone is 2. The number of benzene rings is 1. The van der Waals surface area contributed by atoms with Crippen LogP contribution in [0.4, 0.5) is 0 Å². The Kier molecular flexibility index (Phi) is 5.34. The van der Waals surface area contributed by atoms with E-state index in [4.69, 9.17) is 0 Å². The number of piperidine rings is 1. The first-order chi connectivity index (χ1) is 11.6. The van der Waals surface area contributed by atoms with E-state index >= 15 is 0 Å². The van der Waals surface area contributed by atoms with Gasteiger partial charge in [0.05, 0.1) is 0 Å². The van der Waals surface area contributed by atoms with Crippen LogP contribution in [0.15, 0.2) is 36.4 Å². The van der Waals surface area contributed by atoms with Gasteiger partial charge in [-0.1, -0.05) is 30.4 Å². The molecule has 1 unspecified atom stereocenters. The normalized spacial score (nSPS) is 21.0. The van der Waals surface area contributed by atoms with Crippen molar-refractivity contribution in [2.45, 2.75) is 45.1 Å². The summed E-state index contributed by atoms with van der Waals surface area (Å²) in [7, 11) is 0. The second kappa shape index (κ2) is 7.65. The Bertz CT molecular complexity index is 630. The summed E-state index contributed by atoms with van der Waals surface area (Å²) < 4.78 is 0. The molecule has 4 nitrogen and oxygen atoms in total. The van der Waals surface area contributed by atoms with Gasteiger partial charge in [-0.2, -0.15) is 0 Å². The third kappa shape index (κ3) is 4.05. The van der Waals surface area contributed by atoms with Crippen LogP contribution in [-0.4, -0.2) is 35.8 Å². The Labute approximate surface area is 143 Å². The van der Waals surface area contributed by atoms with Crippen LogP contribution in [-0.2, 0) is 4.79 Å². The molecule has 1 heterocycles. The SMILES string of the molecule is Cc1ccccc1C(=O)NC1CCN(C(=O)CC2C=CCC2)CC1. The van der Waals surface area contributed by atoms with E-state index in [9.17, 15) is 9.59 Å². The zero-order valence-corrected chi connectivity index (χ0v) is 14.3. The molecule has 1 aliphatic heterocycles. The minimum absolute atomic E-state index is 0.00558. The molecule has 3 rings (SSSR count). The minimum Gasteiger partial charge on any atom is -0.349 e. The van der Waals surface area contributed by atoms with Gasteiger partial charge < -0.3 is 10.2 Å². The summed E-state index contributed by atoms with van der Waals surface area (Å²) in [5, 5.41) is 3.12. The van der Waals surface area contributed by atoms with Gasteiger partial charge >= 0.3 is 0 Å². The molecule has 1 fully saturated rings. The summed E-state index contributed by atoms with van der Waals surface area (Å²) in [6.07, 6.45) is 8.86. The van der Waals surface area contributed by atoms with E-state index in [1.807, 2.05) is 36.1 Å². The van der Waals surface area contributed by atoms with Crippen molar-refractivity contribution in [3.63, 3.8) is 0 Å². The summed E-state index contributed by atoms with van der Waals surface area (Å²) in [5.41, 5.74) is 1.73. The van der Waals surface area contributed by atoms with E-state index in [1.165, 1.54) is 0 Å². The number of rotatable bonds is 4. The third-order valence-electron chi connectivity index (χ3n) is 5.12. The Morgan fingerprint density at radius 2 is 1.92 bits per heavy atom. The lowest BCUT2D eigenvalue weighted by atomic mass is 10.0. The van der Waals surface area contributed by atoms with Gasteiger partial charge in [0.1, 0.15) is 0 Å². The van der Waals surface area contributed by atoms with Crippen LogP contribution in [0.5, 0.6) is 0 Å². The maximum atomic E-state index is 12.4. The highest BCUT2D eigenvalue weighted by Gasteiger charge is 2.25. The number of hydrogen-bond acceptors (Lipinski definition) is 2. The van der Waals surface area contributed by atoms with Crippen molar-refractivity contribution >= 4 is 11.8 Å². The molecule has 2 amide bonds. The fourth-order valence-corrected chi connectivity index (χ4v) is 3.58. The molecule has 1 atom stereocenters. The molecule has 1 aromatic carbocycles. The Hall–Kier alpha value is -2.10. The van der Waals surface area contributed by atoms with Crippen molar-refractivity contribution in [3.8, 4) is 0 Å². The van der Waals surface area contributed by atoms with E-state index < -0.39 is 0 Å². The van der Waals surface area contributed by atoms with Crippen molar-refractivity contribution in [2.24, 2.45) is 5.92 Å². The first kappa shape index (κ1) is 16.7. The van der Waals surface area contributed by atoms with Crippen molar-refractivity contribution in [2.75, 3.05) is 13.1 Å².